The Morgan fingerprint density at radius 3 is 2.67 bits per heavy atom. The minimum Gasteiger partial charge on any atom is -0.456 e. The van der Waals surface area contributed by atoms with Crippen LogP contribution < -0.4 is 27.1 Å². The Bertz CT molecular complexity index is 1100. The summed E-state index contributed by atoms with van der Waals surface area (Å²) >= 11 is 0. The second-order valence-corrected chi connectivity index (χ2v) is 8.65. The Balaban J connectivity index is 1.47. The Hall–Kier alpha value is -3.65. The van der Waals surface area contributed by atoms with Crippen molar-refractivity contribution < 1.29 is 34.0 Å². The number of nitrogens with two attached hydrogens (primary N) is 2. The molecule has 0 bridgehead atoms. The minimum atomic E-state index is -2.60. The molecule has 2 fully saturated rings. The van der Waals surface area contributed by atoms with E-state index in [1.165, 1.54) is 11.0 Å². The number of carbonyl (C=O) groups is 3. The van der Waals surface area contributed by atoms with Crippen LogP contribution in [-0.4, -0.2) is 92.3 Å². The predicted molar refractivity (Wildman–Crippen MR) is 110 cm³/mol. The van der Waals surface area contributed by atoms with Gasteiger partial charge in [0.15, 0.2) is 17.8 Å². The molecule has 4 atom stereocenters. The maximum absolute atomic E-state index is 12.7. The summed E-state index contributed by atoms with van der Waals surface area (Å²) in [6, 6.07) is 0.138. The fourth-order valence-electron chi connectivity index (χ4n) is 5.12. The molecule has 0 aromatic carbocycles. The van der Waals surface area contributed by atoms with Gasteiger partial charge in [0.25, 0.3) is 11.6 Å². The lowest BCUT2D eigenvalue weighted by molar-refractivity contribution is -0.521. The number of imide groups is 1. The van der Waals surface area contributed by atoms with E-state index in [1.807, 2.05) is 0 Å². The van der Waals surface area contributed by atoms with Crippen molar-refractivity contribution in [3.8, 4) is 0 Å². The van der Waals surface area contributed by atoms with Gasteiger partial charge in [0.1, 0.15) is 17.8 Å². The molecule has 1 aromatic heterocycles. The first-order valence-electron chi connectivity index (χ1n) is 10.5. The number of hydrogen-bond acceptors (Lipinski definition) is 11. The number of amides is 3. The standard InChI is InChI=1S/C19H24N8O6/c1-8-2-3-10(33-8)15(30)23-11-7-27-17(21)22-9(6-26-12(28)4-5-13(26)29)14-18(27,19(11,31)32)25-16(20)24-14/h2-3,9,11,14,31-32H,4-7H2,1H3,(H2,21,22)(H,23,30)(H3,20,24,25)/p+1/t9-,11-,14-,18-/m0/s1. The zero-order valence-electron chi connectivity index (χ0n) is 17.7. The van der Waals surface area contributed by atoms with Crippen molar-refractivity contribution in [3.63, 3.8) is 0 Å². The summed E-state index contributed by atoms with van der Waals surface area (Å²) in [6.07, 6.45) is 0.216. The Labute approximate surface area is 187 Å². The van der Waals surface area contributed by atoms with Crippen LogP contribution in [0.15, 0.2) is 21.5 Å². The highest BCUT2D eigenvalue weighted by Crippen LogP contribution is 2.41. The molecule has 14 nitrogen and oxygen atoms in total. The number of aliphatic hydroxyl groups is 2. The summed E-state index contributed by atoms with van der Waals surface area (Å²) < 4.78 is 5.32. The van der Waals surface area contributed by atoms with E-state index in [4.69, 9.17) is 15.9 Å². The van der Waals surface area contributed by atoms with Gasteiger partial charge in [-0.1, -0.05) is 0 Å². The summed E-state index contributed by atoms with van der Waals surface area (Å²) in [6.45, 7) is 1.46. The normalized spacial score (nSPS) is 32.3. The van der Waals surface area contributed by atoms with Gasteiger partial charge in [-0.15, -0.1) is 0 Å². The first-order chi connectivity index (χ1) is 15.5. The van der Waals surface area contributed by atoms with Crippen LogP contribution in [0.2, 0.25) is 0 Å². The number of guanidine groups is 2. The molecule has 2 saturated heterocycles. The Morgan fingerprint density at radius 1 is 1.33 bits per heavy atom. The molecule has 33 heavy (non-hydrogen) atoms. The van der Waals surface area contributed by atoms with E-state index in [0.29, 0.717) is 5.76 Å². The van der Waals surface area contributed by atoms with E-state index in [0.717, 1.165) is 4.90 Å². The van der Waals surface area contributed by atoms with Gasteiger partial charge in [0, 0.05) is 12.8 Å². The lowest BCUT2D eigenvalue weighted by atomic mass is 9.85. The van der Waals surface area contributed by atoms with Gasteiger partial charge in [-0.3, -0.25) is 34.9 Å². The molecular weight excluding hydrogens is 436 g/mol. The van der Waals surface area contributed by atoms with E-state index in [1.54, 1.807) is 13.0 Å². The molecule has 1 aromatic rings. The van der Waals surface area contributed by atoms with Gasteiger partial charge >= 0.3 is 5.96 Å². The topological polar surface area (TPSA) is 214 Å². The SMILES string of the molecule is Cc1ccc(C(=O)N[C@H]2CN3C(N)=N[C@@H](CN4C(=O)CCC4=O)[C@@H]4[NH+]=C(N)N[C@@]43C2(O)O)o1. The summed E-state index contributed by atoms with van der Waals surface area (Å²) in [4.78, 5) is 46.8. The molecule has 4 aliphatic rings. The third-order valence-electron chi connectivity index (χ3n) is 6.68. The van der Waals surface area contributed by atoms with Crippen molar-refractivity contribution in [2.45, 2.75) is 49.3 Å². The third-order valence-corrected chi connectivity index (χ3v) is 6.68. The van der Waals surface area contributed by atoms with Crippen molar-refractivity contribution in [1.82, 2.24) is 20.4 Å². The van der Waals surface area contributed by atoms with Gasteiger partial charge in [-0.25, -0.2) is 10.3 Å². The molecule has 9 N–H and O–H groups in total. The van der Waals surface area contributed by atoms with Crippen molar-refractivity contribution in [2.24, 2.45) is 16.5 Å². The number of carbonyl (C=O) groups excluding carboxylic acids is 3. The third kappa shape index (κ3) is 2.90. The molecule has 176 valence electrons. The average Bonchev–Trinajstić information content (AvgIpc) is 3.46. The lowest BCUT2D eigenvalue weighted by Gasteiger charge is -2.46. The van der Waals surface area contributed by atoms with E-state index in [-0.39, 0.29) is 55.4 Å². The number of nitrogens with zero attached hydrogens (tertiary/aromatic N) is 3. The quantitative estimate of drug-likeness (QED) is 0.167. The van der Waals surface area contributed by atoms with E-state index in [9.17, 15) is 24.6 Å². The largest absolute Gasteiger partial charge is 0.456 e. The van der Waals surface area contributed by atoms with Gasteiger partial charge in [0.2, 0.25) is 17.6 Å². The van der Waals surface area contributed by atoms with Crippen LogP contribution in [0.25, 0.3) is 0 Å². The Kier molecular flexibility index (Phi) is 4.45. The molecule has 14 heteroatoms. The maximum atomic E-state index is 12.7. The monoisotopic (exact) mass is 461 g/mol. The van der Waals surface area contributed by atoms with Crippen LogP contribution in [0.5, 0.6) is 0 Å². The van der Waals surface area contributed by atoms with Crippen LogP contribution in [0.4, 0.5) is 0 Å². The maximum Gasteiger partial charge on any atom is 0.343 e. The number of aliphatic imine (C=N–C) groups is 1. The fourth-order valence-corrected chi connectivity index (χ4v) is 5.12. The van der Waals surface area contributed by atoms with E-state index < -0.39 is 35.5 Å². The zero-order valence-corrected chi connectivity index (χ0v) is 17.7. The second-order valence-electron chi connectivity index (χ2n) is 8.65. The number of aryl methyl sites for hydroxylation is 1. The first-order valence-corrected chi connectivity index (χ1v) is 10.5. The van der Waals surface area contributed by atoms with Crippen LogP contribution in [0.3, 0.4) is 0 Å². The Morgan fingerprint density at radius 2 is 2.03 bits per heavy atom. The highest BCUT2D eigenvalue weighted by Gasteiger charge is 2.76. The summed E-state index contributed by atoms with van der Waals surface area (Å²) in [5, 5.41) is 28.2. The molecule has 0 radical (unpaired) electrons. The number of likely N-dealkylation sites (tertiary alicyclic amines) is 1. The summed E-state index contributed by atoms with van der Waals surface area (Å²) in [5.41, 5.74) is 10.5. The number of furan rings is 1. The fraction of sp³-hybridized carbons (Fsp3) is 0.526. The smallest absolute Gasteiger partial charge is 0.343 e. The molecular formula is C19H25N8O6+. The van der Waals surface area contributed by atoms with Gasteiger partial charge in [-0.05, 0) is 19.1 Å². The minimum absolute atomic E-state index is 0.0105. The van der Waals surface area contributed by atoms with Gasteiger partial charge in [0.05, 0.1) is 13.1 Å². The molecule has 3 amide bonds. The molecule has 5 heterocycles. The van der Waals surface area contributed by atoms with Crippen molar-refractivity contribution >= 4 is 29.6 Å². The summed E-state index contributed by atoms with van der Waals surface area (Å²) in [5.74, 6) is -3.40. The average molecular weight is 461 g/mol. The lowest BCUT2D eigenvalue weighted by Crippen LogP contribution is -2.90. The zero-order chi connectivity index (χ0) is 23.7. The second kappa shape index (κ2) is 6.92. The van der Waals surface area contributed by atoms with Gasteiger partial charge < -0.3 is 25.7 Å². The van der Waals surface area contributed by atoms with Crippen molar-refractivity contribution in [3.05, 3.63) is 23.7 Å². The highest BCUT2D eigenvalue weighted by molar-refractivity contribution is 6.02. The van der Waals surface area contributed by atoms with Crippen LogP contribution in [0.1, 0.15) is 29.2 Å². The molecule has 4 aliphatic heterocycles. The number of hydrogen-bond donors (Lipinski definition) is 7. The summed E-state index contributed by atoms with van der Waals surface area (Å²) in [7, 11) is 0. The van der Waals surface area contributed by atoms with Crippen molar-refractivity contribution in [1.29, 1.82) is 0 Å². The van der Waals surface area contributed by atoms with E-state index >= 15 is 0 Å². The van der Waals surface area contributed by atoms with Crippen molar-refractivity contribution in [2.75, 3.05) is 13.1 Å². The van der Waals surface area contributed by atoms with Crippen LogP contribution in [0, 0.1) is 6.92 Å². The predicted octanol–water partition coefficient (Wildman–Crippen LogP) is -5.41. The molecule has 5 rings (SSSR count). The van der Waals surface area contributed by atoms with Gasteiger partial charge in [-0.2, -0.15) is 0 Å². The molecule has 0 saturated carbocycles. The molecule has 0 unspecified atom stereocenters. The number of rotatable bonds is 4. The van der Waals surface area contributed by atoms with E-state index in [2.05, 4.69) is 20.6 Å². The van der Waals surface area contributed by atoms with Crippen LogP contribution >= 0.6 is 0 Å². The molecule has 1 spiro atoms. The first kappa shape index (κ1) is 21.2. The molecule has 0 aliphatic carbocycles. The van der Waals surface area contributed by atoms with Crippen LogP contribution in [-0.2, 0) is 9.59 Å². The highest BCUT2D eigenvalue weighted by atomic mass is 16.5. The number of nitrogens with one attached hydrogen (secondary N) is 3.